The number of methoxy groups -OCH3 is 1. The lowest BCUT2D eigenvalue weighted by Gasteiger charge is -2.13. The number of nitrogens with one attached hydrogen (secondary N) is 2. The molecule has 0 radical (unpaired) electrons. The van der Waals surface area contributed by atoms with Gasteiger partial charge in [-0.3, -0.25) is 4.68 Å². The Morgan fingerprint density at radius 3 is 2.36 bits per heavy atom. The van der Waals surface area contributed by atoms with Crippen molar-refractivity contribution in [3.63, 3.8) is 0 Å². The molecule has 0 aliphatic heterocycles. The highest BCUT2D eigenvalue weighted by molar-refractivity contribution is 5.83. The highest BCUT2D eigenvalue weighted by Gasteiger charge is 2.31. The van der Waals surface area contributed by atoms with Crippen LogP contribution in [0.3, 0.4) is 0 Å². The second kappa shape index (κ2) is 9.53. The van der Waals surface area contributed by atoms with E-state index < -0.39 is 11.7 Å². The molecule has 5 rings (SSSR count). The Morgan fingerprint density at radius 1 is 0.889 bits per heavy atom. The lowest BCUT2D eigenvalue weighted by molar-refractivity contribution is -0.137. The van der Waals surface area contributed by atoms with Gasteiger partial charge in [-0.2, -0.15) is 23.3 Å². The SMILES string of the molecule is COc1cc(Nc2ncnc(Nc3ccc4c(cnn4Cc4ccccc4)c3)n2)cc(C(F)(F)F)c1. The molecule has 182 valence electrons. The molecule has 0 fully saturated rings. The van der Waals surface area contributed by atoms with E-state index in [9.17, 15) is 13.2 Å². The van der Waals surface area contributed by atoms with Crippen molar-refractivity contribution < 1.29 is 17.9 Å². The number of rotatable bonds is 7. The number of aromatic nitrogens is 5. The van der Waals surface area contributed by atoms with Crippen molar-refractivity contribution in [1.82, 2.24) is 24.7 Å². The summed E-state index contributed by atoms with van der Waals surface area (Å²) in [6.07, 6.45) is -1.48. The number of benzene rings is 3. The molecule has 0 amide bonds. The molecular formula is C25H20F3N7O. The number of hydrogen-bond donors (Lipinski definition) is 2. The molecule has 0 aliphatic carbocycles. The van der Waals surface area contributed by atoms with Gasteiger partial charge in [0.2, 0.25) is 11.9 Å². The topological polar surface area (TPSA) is 89.8 Å². The summed E-state index contributed by atoms with van der Waals surface area (Å²) in [5.74, 6) is 0.356. The fourth-order valence-electron chi connectivity index (χ4n) is 3.67. The van der Waals surface area contributed by atoms with E-state index in [-0.39, 0.29) is 23.3 Å². The highest BCUT2D eigenvalue weighted by atomic mass is 19.4. The Hall–Kier alpha value is -4.67. The molecular weight excluding hydrogens is 471 g/mol. The van der Waals surface area contributed by atoms with Gasteiger partial charge in [0, 0.05) is 22.8 Å². The summed E-state index contributed by atoms with van der Waals surface area (Å²) in [4.78, 5) is 12.4. The Morgan fingerprint density at radius 2 is 1.64 bits per heavy atom. The first kappa shape index (κ1) is 23.1. The van der Waals surface area contributed by atoms with Gasteiger partial charge in [-0.1, -0.05) is 30.3 Å². The van der Waals surface area contributed by atoms with Crippen LogP contribution in [0.2, 0.25) is 0 Å². The molecule has 8 nitrogen and oxygen atoms in total. The van der Waals surface area contributed by atoms with Crippen LogP contribution in [0.25, 0.3) is 10.9 Å². The molecule has 0 bridgehead atoms. The molecule has 36 heavy (non-hydrogen) atoms. The van der Waals surface area contributed by atoms with Crippen molar-refractivity contribution in [2.45, 2.75) is 12.7 Å². The molecule has 0 atom stereocenters. The average molecular weight is 491 g/mol. The lowest BCUT2D eigenvalue weighted by atomic mass is 10.2. The quantitative estimate of drug-likeness (QED) is 0.298. The van der Waals surface area contributed by atoms with Gasteiger partial charge >= 0.3 is 6.18 Å². The van der Waals surface area contributed by atoms with Gasteiger partial charge < -0.3 is 15.4 Å². The summed E-state index contributed by atoms with van der Waals surface area (Å²) in [6, 6.07) is 19.1. The molecule has 0 spiro atoms. The van der Waals surface area contributed by atoms with Crippen molar-refractivity contribution >= 4 is 34.2 Å². The van der Waals surface area contributed by atoms with Gasteiger partial charge in [0.05, 0.1) is 30.9 Å². The van der Waals surface area contributed by atoms with Crippen LogP contribution in [0.5, 0.6) is 5.75 Å². The van der Waals surface area contributed by atoms with Crippen LogP contribution in [0.4, 0.5) is 36.4 Å². The molecule has 3 aromatic carbocycles. The van der Waals surface area contributed by atoms with E-state index in [4.69, 9.17) is 4.74 Å². The minimum atomic E-state index is -4.52. The lowest BCUT2D eigenvalue weighted by Crippen LogP contribution is -2.07. The van der Waals surface area contributed by atoms with Crippen molar-refractivity contribution in [3.05, 3.63) is 90.4 Å². The van der Waals surface area contributed by atoms with Gasteiger partial charge in [0.15, 0.2) is 0 Å². The number of anilines is 4. The molecule has 0 unspecified atom stereocenters. The molecule has 5 aromatic rings. The first-order valence-corrected chi connectivity index (χ1v) is 10.9. The third kappa shape index (κ3) is 5.19. The number of halogens is 3. The van der Waals surface area contributed by atoms with Crippen LogP contribution in [0, 0.1) is 0 Å². The molecule has 11 heteroatoms. The van der Waals surface area contributed by atoms with Gasteiger partial charge in [-0.25, -0.2) is 9.97 Å². The van der Waals surface area contributed by atoms with Crippen LogP contribution in [-0.4, -0.2) is 31.8 Å². The van der Waals surface area contributed by atoms with Crippen molar-refractivity contribution in [2.24, 2.45) is 0 Å². The second-order valence-electron chi connectivity index (χ2n) is 7.89. The van der Waals surface area contributed by atoms with Crippen molar-refractivity contribution in [2.75, 3.05) is 17.7 Å². The van der Waals surface area contributed by atoms with Crippen LogP contribution in [0.1, 0.15) is 11.1 Å². The Balaban J connectivity index is 1.34. The summed E-state index contributed by atoms with van der Waals surface area (Å²) in [5.41, 5.74) is 2.12. The van der Waals surface area contributed by atoms with Crippen LogP contribution in [-0.2, 0) is 12.7 Å². The molecule has 2 aromatic heterocycles. The molecule has 2 N–H and O–H groups in total. The largest absolute Gasteiger partial charge is 0.497 e. The van der Waals surface area contributed by atoms with Crippen molar-refractivity contribution in [1.29, 1.82) is 0 Å². The van der Waals surface area contributed by atoms with E-state index >= 15 is 0 Å². The first-order chi connectivity index (χ1) is 17.4. The van der Waals surface area contributed by atoms with E-state index in [0.29, 0.717) is 6.54 Å². The predicted molar refractivity (Wildman–Crippen MR) is 130 cm³/mol. The van der Waals surface area contributed by atoms with E-state index in [1.54, 1.807) is 6.20 Å². The van der Waals surface area contributed by atoms with E-state index in [1.807, 2.05) is 53.2 Å². The normalized spacial score (nSPS) is 11.4. The maximum Gasteiger partial charge on any atom is 0.416 e. The number of hydrogen-bond acceptors (Lipinski definition) is 7. The fraction of sp³-hybridized carbons (Fsp3) is 0.120. The summed E-state index contributed by atoms with van der Waals surface area (Å²) < 4.78 is 46.5. The summed E-state index contributed by atoms with van der Waals surface area (Å²) in [5, 5.41) is 11.3. The van der Waals surface area contributed by atoms with E-state index in [1.165, 1.54) is 19.5 Å². The minimum Gasteiger partial charge on any atom is -0.497 e. The van der Waals surface area contributed by atoms with Gasteiger partial charge in [0.1, 0.15) is 12.1 Å². The third-order valence-corrected chi connectivity index (χ3v) is 5.37. The number of alkyl halides is 3. The van der Waals surface area contributed by atoms with Gasteiger partial charge in [-0.15, -0.1) is 0 Å². The standard InChI is InChI=1S/C25H20F3N7O/c1-36-21-11-18(25(26,27)28)10-20(12-21)33-24-30-15-29-23(34-24)32-19-7-8-22-17(9-19)13-31-35(22)14-16-5-3-2-4-6-16/h2-13,15H,14H2,1H3,(H2,29,30,32,33,34). The third-order valence-electron chi connectivity index (χ3n) is 5.37. The zero-order chi connectivity index (χ0) is 25.1. The summed E-state index contributed by atoms with van der Waals surface area (Å²) >= 11 is 0. The average Bonchev–Trinajstić information content (AvgIpc) is 3.26. The first-order valence-electron chi connectivity index (χ1n) is 10.9. The van der Waals surface area contributed by atoms with Crippen LogP contribution >= 0.6 is 0 Å². The molecule has 2 heterocycles. The van der Waals surface area contributed by atoms with Gasteiger partial charge in [-0.05, 0) is 35.9 Å². The monoisotopic (exact) mass is 491 g/mol. The predicted octanol–water partition coefficient (Wildman–Crippen LogP) is 5.78. The molecule has 0 aliphatic rings. The minimum absolute atomic E-state index is 0.0563. The smallest absolute Gasteiger partial charge is 0.416 e. The summed E-state index contributed by atoms with van der Waals surface area (Å²) in [6.45, 7) is 0.653. The molecule has 0 saturated carbocycles. The Labute approximate surface area is 203 Å². The number of ether oxygens (including phenoxy) is 1. The number of fused-ring (bicyclic) bond motifs is 1. The van der Waals surface area contributed by atoms with E-state index in [0.717, 1.165) is 34.3 Å². The maximum absolute atomic E-state index is 13.2. The Bertz CT molecular complexity index is 1500. The molecule has 0 saturated heterocycles. The zero-order valence-corrected chi connectivity index (χ0v) is 19.0. The summed E-state index contributed by atoms with van der Waals surface area (Å²) in [7, 11) is 1.30. The highest BCUT2D eigenvalue weighted by Crippen LogP contribution is 2.34. The second-order valence-corrected chi connectivity index (χ2v) is 7.89. The van der Waals surface area contributed by atoms with Crippen molar-refractivity contribution in [3.8, 4) is 5.75 Å². The van der Waals surface area contributed by atoms with Crippen LogP contribution < -0.4 is 15.4 Å². The Kier molecular flexibility index (Phi) is 6.11. The zero-order valence-electron chi connectivity index (χ0n) is 19.0. The number of nitrogens with zero attached hydrogens (tertiary/aromatic N) is 5. The van der Waals surface area contributed by atoms with E-state index in [2.05, 4.69) is 30.7 Å². The van der Waals surface area contributed by atoms with Crippen LogP contribution in [0.15, 0.2) is 79.3 Å². The van der Waals surface area contributed by atoms with Gasteiger partial charge in [0.25, 0.3) is 0 Å². The maximum atomic E-state index is 13.2. The fourth-order valence-corrected chi connectivity index (χ4v) is 3.67.